The normalized spacial score (nSPS) is 12.0. The van der Waals surface area contributed by atoms with E-state index in [1.54, 1.807) is 30.6 Å². The quantitative estimate of drug-likeness (QED) is 0.352. The Bertz CT molecular complexity index is 1270. The molecule has 0 fully saturated rings. The van der Waals surface area contributed by atoms with Crippen molar-refractivity contribution in [3.63, 3.8) is 0 Å². The minimum atomic E-state index is -3.55. The topological polar surface area (TPSA) is 99.8 Å². The zero-order valence-electron chi connectivity index (χ0n) is 16.8. The molecule has 158 valence electrons. The highest BCUT2D eigenvalue weighted by Gasteiger charge is 2.13. The van der Waals surface area contributed by atoms with Gasteiger partial charge in [-0.05, 0) is 41.0 Å². The molecule has 0 unspecified atom stereocenters. The predicted molar refractivity (Wildman–Crippen MR) is 123 cm³/mol. The van der Waals surface area contributed by atoms with Crippen LogP contribution in [0.25, 0.3) is 28.1 Å². The smallest absolute Gasteiger partial charge is 0.240 e. The Balaban J connectivity index is 1.20. The molecule has 2 aromatic carbocycles. The fraction of sp³-hybridized carbons (Fsp3) is 0.130. The van der Waals surface area contributed by atoms with E-state index in [9.17, 15) is 8.42 Å². The molecule has 0 radical (unpaired) electrons. The predicted octanol–water partition coefficient (Wildman–Crippen LogP) is 3.21. The van der Waals surface area contributed by atoms with Gasteiger partial charge in [0, 0.05) is 37.4 Å². The number of aromatic nitrogens is 3. The molecule has 2 aromatic heterocycles. The third-order valence-corrected chi connectivity index (χ3v) is 6.25. The van der Waals surface area contributed by atoms with Gasteiger partial charge < -0.3 is 5.32 Å². The molecule has 0 atom stereocenters. The van der Waals surface area contributed by atoms with E-state index in [0.29, 0.717) is 19.6 Å². The molecular formula is C23H23N5O2S. The molecule has 0 saturated heterocycles. The second kappa shape index (κ2) is 9.65. The zero-order valence-corrected chi connectivity index (χ0v) is 17.6. The molecule has 3 N–H and O–H groups in total. The Labute approximate surface area is 181 Å². The van der Waals surface area contributed by atoms with E-state index in [0.717, 1.165) is 27.6 Å². The molecule has 2 heterocycles. The number of pyridine rings is 1. The lowest BCUT2D eigenvalue weighted by Crippen LogP contribution is -2.31. The van der Waals surface area contributed by atoms with Crippen LogP contribution in [-0.2, 0) is 10.0 Å². The molecule has 0 aliphatic heterocycles. The van der Waals surface area contributed by atoms with E-state index in [4.69, 9.17) is 0 Å². The number of hydrogen-bond donors (Lipinski definition) is 3. The average molecular weight is 434 g/mol. The van der Waals surface area contributed by atoms with Gasteiger partial charge in [-0.15, -0.1) is 0 Å². The van der Waals surface area contributed by atoms with Crippen LogP contribution in [0.5, 0.6) is 0 Å². The van der Waals surface area contributed by atoms with E-state index < -0.39 is 10.0 Å². The van der Waals surface area contributed by atoms with Gasteiger partial charge in [0.2, 0.25) is 10.0 Å². The van der Waals surface area contributed by atoms with Gasteiger partial charge in [-0.25, -0.2) is 13.1 Å². The lowest BCUT2D eigenvalue weighted by Gasteiger charge is -2.07. The number of nitrogens with one attached hydrogen (secondary N) is 3. The van der Waals surface area contributed by atoms with Crippen molar-refractivity contribution in [2.24, 2.45) is 0 Å². The van der Waals surface area contributed by atoms with Crippen LogP contribution in [0, 0.1) is 0 Å². The summed E-state index contributed by atoms with van der Waals surface area (Å²) in [5.74, 6) is 0. The van der Waals surface area contributed by atoms with E-state index >= 15 is 0 Å². The third-order valence-electron chi connectivity index (χ3n) is 4.79. The second-order valence-corrected chi connectivity index (χ2v) is 8.75. The van der Waals surface area contributed by atoms with Gasteiger partial charge in [0.25, 0.3) is 0 Å². The number of benzene rings is 2. The molecule has 8 heteroatoms. The minimum absolute atomic E-state index is 0.232. The second-order valence-electron chi connectivity index (χ2n) is 6.99. The Kier molecular flexibility index (Phi) is 6.51. The maximum atomic E-state index is 12.4. The molecule has 4 rings (SSSR count). The summed E-state index contributed by atoms with van der Waals surface area (Å²) in [6.45, 7) is 1.48. The maximum Gasteiger partial charge on any atom is 0.240 e. The van der Waals surface area contributed by atoms with Crippen LogP contribution >= 0.6 is 0 Å². The van der Waals surface area contributed by atoms with Crippen molar-refractivity contribution in [2.45, 2.75) is 4.90 Å². The monoisotopic (exact) mass is 433 g/mol. The van der Waals surface area contributed by atoms with Crippen LogP contribution in [0.3, 0.4) is 0 Å². The number of aromatic amines is 1. The summed E-state index contributed by atoms with van der Waals surface area (Å²) in [6.07, 6.45) is 9.26. The number of fused-ring (bicyclic) bond motifs is 1. The van der Waals surface area contributed by atoms with Gasteiger partial charge >= 0.3 is 0 Å². The van der Waals surface area contributed by atoms with Crippen LogP contribution in [0.4, 0.5) is 0 Å². The van der Waals surface area contributed by atoms with Gasteiger partial charge in [0.15, 0.2) is 0 Å². The van der Waals surface area contributed by atoms with Crippen molar-refractivity contribution in [1.29, 1.82) is 0 Å². The molecular weight excluding hydrogens is 410 g/mol. The first-order valence-corrected chi connectivity index (χ1v) is 11.4. The van der Waals surface area contributed by atoms with E-state index in [-0.39, 0.29) is 4.90 Å². The molecule has 31 heavy (non-hydrogen) atoms. The van der Waals surface area contributed by atoms with E-state index in [2.05, 4.69) is 49.5 Å². The van der Waals surface area contributed by atoms with Gasteiger partial charge in [0.05, 0.1) is 16.6 Å². The molecule has 0 amide bonds. The molecule has 7 nitrogen and oxygen atoms in total. The van der Waals surface area contributed by atoms with Gasteiger partial charge in [-0.1, -0.05) is 42.5 Å². The Morgan fingerprint density at radius 2 is 1.84 bits per heavy atom. The summed E-state index contributed by atoms with van der Waals surface area (Å²) in [5.41, 5.74) is 4.12. The summed E-state index contributed by atoms with van der Waals surface area (Å²) in [6, 6.07) is 17.1. The van der Waals surface area contributed by atoms with Gasteiger partial charge in [-0.2, -0.15) is 5.10 Å². The lowest BCUT2D eigenvalue weighted by atomic mass is 10.1. The van der Waals surface area contributed by atoms with Gasteiger partial charge in [-0.3, -0.25) is 10.1 Å². The number of rotatable bonds is 9. The SMILES string of the molecule is O=S(=O)(NCCNC/C=C/c1ccc(-c2cccnc2)cc1)c1ccc2[nH]ncc2c1. The Hall–Kier alpha value is -3.33. The zero-order chi connectivity index (χ0) is 21.5. The fourth-order valence-corrected chi connectivity index (χ4v) is 4.21. The molecule has 0 aliphatic rings. The standard InChI is InChI=1S/C23H23N5O2S/c29-31(30,22-9-10-23-21(15-22)17-26-28-23)27-14-13-24-11-1-3-18-5-7-19(8-6-18)20-4-2-12-25-16-20/h1-10,12,15-17,24,27H,11,13-14H2,(H,26,28)/b3-1+. The molecule has 0 saturated carbocycles. The van der Waals surface area contributed by atoms with Crippen LogP contribution in [0.15, 0.2) is 84.2 Å². The first kappa shape index (κ1) is 20.9. The summed E-state index contributed by atoms with van der Waals surface area (Å²) in [7, 11) is -3.55. The number of sulfonamides is 1. The Morgan fingerprint density at radius 3 is 2.65 bits per heavy atom. The number of nitrogens with zero attached hydrogens (tertiary/aromatic N) is 2. The fourth-order valence-electron chi connectivity index (χ4n) is 3.15. The van der Waals surface area contributed by atoms with Crippen molar-refractivity contribution >= 4 is 27.0 Å². The highest BCUT2D eigenvalue weighted by Crippen LogP contribution is 2.19. The van der Waals surface area contributed by atoms with E-state index in [1.165, 1.54) is 0 Å². The van der Waals surface area contributed by atoms with Crippen LogP contribution < -0.4 is 10.0 Å². The lowest BCUT2D eigenvalue weighted by molar-refractivity contribution is 0.578. The number of H-pyrrole nitrogens is 1. The largest absolute Gasteiger partial charge is 0.312 e. The molecule has 0 bridgehead atoms. The van der Waals surface area contributed by atoms with Crippen molar-refractivity contribution in [2.75, 3.05) is 19.6 Å². The van der Waals surface area contributed by atoms with Crippen molar-refractivity contribution < 1.29 is 8.42 Å². The molecule has 0 spiro atoms. The summed E-state index contributed by atoms with van der Waals surface area (Å²) in [4.78, 5) is 4.37. The van der Waals surface area contributed by atoms with Crippen molar-refractivity contribution in [3.05, 3.63) is 84.8 Å². The van der Waals surface area contributed by atoms with Crippen LogP contribution in [0.2, 0.25) is 0 Å². The van der Waals surface area contributed by atoms with E-state index in [1.807, 2.05) is 30.5 Å². The summed E-state index contributed by atoms with van der Waals surface area (Å²) < 4.78 is 27.4. The van der Waals surface area contributed by atoms with Crippen molar-refractivity contribution in [3.8, 4) is 11.1 Å². The Morgan fingerprint density at radius 1 is 0.968 bits per heavy atom. The first-order chi connectivity index (χ1) is 15.1. The maximum absolute atomic E-state index is 12.4. The van der Waals surface area contributed by atoms with Crippen molar-refractivity contribution in [1.82, 2.24) is 25.2 Å². The average Bonchev–Trinajstić information content (AvgIpc) is 3.27. The van der Waals surface area contributed by atoms with Crippen LogP contribution in [0.1, 0.15) is 5.56 Å². The highest BCUT2D eigenvalue weighted by atomic mass is 32.2. The molecule has 4 aromatic rings. The minimum Gasteiger partial charge on any atom is -0.312 e. The first-order valence-electron chi connectivity index (χ1n) is 9.92. The number of hydrogen-bond acceptors (Lipinski definition) is 5. The molecule has 0 aliphatic carbocycles. The summed E-state index contributed by atoms with van der Waals surface area (Å²) in [5, 5.41) is 10.7. The van der Waals surface area contributed by atoms with Crippen LogP contribution in [-0.4, -0.2) is 43.2 Å². The van der Waals surface area contributed by atoms with Gasteiger partial charge in [0.1, 0.15) is 0 Å². The highest BCUT2D eigenvalue weighted by molar-refractivity contribution is 7.89. The third kappa shape index (κ3) is 5.43. The summed E-state index contributed by atoms with van der Waals surface area (Å²) >= 11 is 0.